The van der Waals surface area contributed by atoms with Crippen molar-refractivity contribution in [2.24, 2.45) is 0 Å². The van der Waals surface area contributed by atoms with Gasteiger partial charge in [-0.2, -0.15) is 26.3 Å². The lowest BCUT2D eigenvalue weighted by molar-refractivity contribution is -0.703. The van der Waals surface area contributed by atoms with Crippen LogP contribution in [0.25, 0.3) is 0 Å². The molecule has 0 bridgehead atoms. The molecular formula is C11H12F6NO4S2+. The summed E-state index contributed by atoms with van der Waals surface area (Å²) in [5, 5.41) is 0. The van der Waals surface area contributed by atoms with Gasteiger partial charge in [-0.1, -0.05) is 6.07 Å². The standard InChI is InChI=1S/C11H12F6NO4S2/c12-10(13,14)23(19,20)7-3-6-18-5-2-1-4-9(18)8-24(21,22)11(15,16)17/h1-2,4-5H,3,6-8H2/q+1. The first kappa shape index (κ1) is 20.7. The minimum Gasteiger partial charge on any atom is -0.220 e. The largest absolute Gasteiger partial charge is 0.497 e. The van der Waals surface area contributed by atoms with E-state index >= 15 is 0 Å². The monoisotopic (exact) mass is 400 g/mol. The molecule has 24 heavy (non-hydrogen) atoms. The predicted molar refractivity (Wildman–Crippen MR) is 69.8 cm³/mol. The molecule has 0 saturated heterocycles. The molecule has 138 valence electrons. The summed E-state index contributed by atoms with van der Waals surface area (Å²) in [7, 11) is -10.8. The van der Waals surface area contributed by atoms with Gasteiger partial charge in [0.05, 0.1) is 5.75 Å². The predicted octanol–water partition coefficient (Wildman–Crippen LogP) is 1.73. The lowest BCUT2D eigenvalue weighted by Crippen LogP contribution is -2.41. The molecule has 13 heteroatoms. The number of sulfone groups is 2. The first-order valence-corrected chi connectivity index (χ1v) is 9.53. The Morgan fingerprint density at radius 3 is 1.92 bits per heavy atom. The molecule has 0 unspecified atom stereocenters. The van der Waals surface area contributed by atoms with Gasteiger partial charge >= 0.3 is 11.0 Å². The zero-order chi connectivity index (χ0) is 18.8. The first-order chi connectivity index (χ1) is 10.7. The second-order valence-corrected chi connectivity index (χ2v) is 8.79. The van der Waals surface area contributed by atoms with Gasteiger partial charge in [0.2, 0.25) is 9.84 Å². The van der Waals surface area contributed by atoms with Gasteiger partial charge < -0.3 is 0 Å². The van der Waals surface area contributed by atoms with E-state index in [-0.39, 0.29) is 5.69 Å². The number of halogens is 6. The van der Waals surface area contributed by atoms with E-state index in [0.717, 1.165) is 16.8 Å². The van der Waals surface area contributed by atoms with Crippen LogP contribution >= 0.6 is 0 Å². The third-order valence-corrected chi connectivity index (χ3v) is 5.80. The molecule has 1 rings (SSSR count). The van der Waals surface area contributed by atoms with E-state index in [0.29, 0.717) is 0 Å². The van der Waals surface area contributed by atoms with E-state index in [1.165, 1.54) is 12.1 Å². The Morgan fingerprint density at radius 1 is 0.875 bits per heavy atom. The highest BCUT2D eigenvalue weighted by molar-refractivity contribution is 7.92. The van der Waals surface area contributed by atoms with Gasteiger partial charge in [-0.3, -0.25) is 0 Å². The zero-order valence-electron chi connectivity index (χ0n) is 11.8. The highest BCUT2D eigenvalue weighted by Crippen LogP contribution is 2.26. The summed E-state index contributed by atoms with van der Waals surface area (Å²) in [5.74, 6) is -2.66. The fourth-order valence-corrected chi connectivity index (χ4v) is 3.23. The second kappa shape index (κ2) is 6.86. The molecule has 0 spiro atoms. The summed E-state index contributed by atoms with van der Waals surface area (Å²) in [4.78, 5) is 0. The van der Waals surface area contributed by atoms with Crippen LogP contribution in [-0.4, -0.2) is 33.6 Å². The van der Waals surface area contributed by atoms with Gasteiger partial charge in [-0.25, -0.2) is 21.4 Å². The number of aryl methyl sites for hydroxylation is 1. The number of rotatable bonds is 6. The van der Waals surface area contributed by atoms with Crippen LogP contribution in [0.3, 0.4) is 0 Å². The fraction of sp³-hybridized carbons (Fsp3) is 0.545. The van der Waals surface area contributed by atoms with Crippen LogP contribution < -0.4 is 4.57 Å². The van der Waals surface area contributed by atoms with Crippen molar-refractivity contribution < 1.29 is 47.7 Å². The summed E-state index contributed by atoms with van der Waals surface area (Å²) in [6.45, 7) is -0.390. The van der Waals surface area contributed by atoms with Crippen LogP contribution in [0.2, 0.25) is 0 Å². The van der Waals surface area contributed by atoms with E-state index in [4.69, 9.17) is 0 Å². The van der Waals surface area contributed by atoms with Crippen LogP contribution in [0.5, 0.6) is 0 Å². The molecule has 0 aliphatic carbocycles. The Labute approximate surface area is 133 Å². The number of hydrogen-bond donors (Lipinski definition) is 0. The van der Waals surface area contributed by atoms with Crippen molar-refractivity contribution in [3.63, 3.8) is 0 Å². The zero-order valence-corrected chi connectivity index (χ0v) is 13.4. The third-order valence-electron chi connectivity index (χ3n) is 2.89. The van der Waals surface area contributed by atoms with Crippen LogP contribution in [0, 0.1) is 0 Å². The average molecular weight is 400 g/mol. The van der Waals surface area contributed by atoms with Crippen molar-refractivity contribution in [1.29, 1.82) is 0 Å². The van der Waals surface area contributed by atoms with E-state index in [1.807, 2.05) is 0 Å². The van der Waals surface area contributed by atoms with Gasteiger partial charge in [0.1, 0.15) is 12.3 Å². The van der Waals surface area contributed by atoms with Gasteiger partial charge in [-0.15, -0.1) is 0 Å². The van der Waals surface area contributed by atoms with Gasteiger partial charge in [0.15, 0.2) is 11.9 Å². The summed E-state index contributed by atoms with van der Waals surface area (Å²) in [6.07, 6.45) is 0.608. The molecule has 0 aliphatic rings. The normalized spacial score (nSPS) is 13.9. The maximum Gasteiger partial charge on any atom is 0.497 e. The Hall–Kier alpha value is -1.37. The van der Waals surface area contributed by atoms with Gasteiger partial charge in [0, 0.05) is 18.6 Å². The van der Waals surface area contributed by atoms with E-state index in [9.17, 15) is 43.2 Å². The minimum atomic E-state index is -5.47. The Bertz CT molecular complexity index is 783. The van der Waals surface area contributed by atoms with Crippen molar-refractivity contribution in [2.45, 2.75) is 29.7 Å². The van der Waals surface area contributed by atoms with E-state index in [2.05, 4.69) is 0 Å². The SMILES string of the molecule is O=S(=O)(CCC[n+]1ccccc1CS(=O)(=O)C(F)(F)F)C(F)(F)F. The van der Waals surface area contributed by atoms with Gasteiger partial charge in [-0.05, 0) is 0 Å². The number of alkyl halides is 6. The van der Waals surface area contributed by atoms with E-state index in [1.54, 1.807) is 0 Å². The second-order valence-electron chi connectivity index (χ2n) is 4.71. The topological polar surface area (TPSA) is 72.2 Å². The number of nitrogens with zero attached hydrogens (tertiary/aromatic N) is 1. The lowest BCUT2D eigenvalue weighted by atomic mass is 10.3. The molecule has 0 amide bonds. The molecule has 5 nitrogen and oxygen atoms in total. The minimum absolute atomic E-state index is 0.320. The van der Waals surface area contributed by atoms with Crippen molar-refractivity contribution in [3.8, 4) is 0 Å². The van der Waals surface area contributed by atoms with Crippen LogP contribution in [-0.2, 0) is 32.0 Å². The van der Waals surface area contributed by atoms with Crippen LogP contribution in [0.4, 0.5) is 26.3 Å². The molecule has 0 N–H and O–H groups in total. The average Bonchev–Trinajstić information content (AvgIpc) is 2.37. The Morgan fingerprint density at radius 2 is 1.42 bits per heavy atom. The highest BCUT2D eigenvalue weighted by Gasteiger charge is 2.47. The lowest BCUT2D eigenvalue weighted by Gasteiger charge is -2.09. The van der Waals surface area contributed by atoms with Crippen LogP contribution in [0.15, 0.2) is 24.4 Å². The van der Waals surface area contributed by atoms with Crippen molar-refractivity contribution in [2.75, 3.05) is 5.75 Å². The summed E-state index contributed by atoms with van der Waals surface area (Å²) in [5.41, 5.74) is -11.2. The molecule has 1 heterocycles. The van der Waals surface area contributed by atoms with Crippen molar-refractivity contribution in [3.05, 3.63) is 30.1 Å². The molecule has 0 aromatic carbocycles. The molecule has 0 fully saturated rings. The smallest absolute Gasteiger partial charge is 0.220 e. The first-order valence-electron chi connectivity index (χ1n) is 6.23. The summed E-state index contributed by atoms with van der Waals surface area (Å²) in [6, 6.07) is 3.63. The van der Waals surface area contributed by atoms with Crippen molar-refractivity contribution in [1.82, 2.24) is 0 Å². The Balaban J connectivity index is 2.90. The number of hydrogen-bond acceptors (Lipinski definition) is 4. The van der Waals surface area contributed by atoms with Crippen LogP contribution in [0.1, 0.15) is 12.1 Å². The molecule has 0 aliphatic heterocycles. The molecule has 0 saturated carbocycles. The van der Waals surface area contributed by atoms with E-state index < -0.39 is 55.2 Å². The Kier molecular flexibility index (Phi) is 5.91. The van der Waals surface area contributed by atoms with Crippen molar-refractivity contribution >= 4 is 19.7 Å². The number of pyridine rings is 1. The highest BCUT2D eigenvalue weighted by atomic mass is 32.2. The maximum absolute atomic E-state index is 12.4. The van der Waals surface area contributed by atoms with Gasteiger partial charge in [0.25, 0.3) is 9.84 Å². The third kappa shape index (κ3) is 5.06. The fourth-order valence-electron chi connectivity index (χ4n) is 1.68. The molecule has 1 aromatic rings. The summed E-state index contributed by atoms with van der Waals surface area (Å²) < 4.78 is 119. The maximum atomic E-state index is 12.4. The molecular weight excluding hydrogens is 388 g/mol. The summed E-state index contributed by atoms with van der Waals surface area (Å²) >= 11 is 0. The number of aromatic nitrogens is 1. The molecule has 0 atom stereocenters. The molecule has 1 aromatic heterocycles. The molecule has 0 radical (unpaired) electrons. The quantitative estimate of drug-likeness (QED) is 0.539.